The van der Waals surface area contributed by atoms with E-state index >= 15 is 0 Å². The highest BCUT2D eigenvalue weighted by molar-refractivity contribution is 5.73. The maximum absolute atomic E-state index is 13.9. The van der Waals surface area contributed by atoms with E-state index in [1.807, 2.05) is 0 Å². The van der Waals surface area contributed by atoms with Gasteiger partial charge in [0, 0.05) is 45.2 Å². The summed E-state index contributed by atoms with van der Waals surface area (Å²) in [7, 11) is 0. The van der Waals surface area contributed by atoms with Crippen LogP contribution in [0.3, 0.4) is 0 Å². The Balaban J connectivity index is 2.08. The largest absolute Gasteiger partial charge is 0.416 e. The number of carbonyl (C=O) groups excluding carboxylic acids is 1. The van der Waals surface area contributed by atoms with Crippen LogP contribution in [-0.2, 0) is 17.5 Å². The topological polar surface area (TPSA) is 43.8 Å². The van der Waals surface area contributed by atoms with Crippen LogP contribution in [0.5, 0.6) is 0 Å². The molecule has 1 N–H and O–H groups in total. The van der Waals surface area contributed by atoms with Crippen LogP contribution in [0.4, 0.5) is 17.6 Å². The standard InChI is InChI=1S/C15H18F4N2O2/c1-10(22)21-5-4-20(8-13(23)9-21)7-11-2-3-12(6-14(11)16)15(17,18)19/h2-3,6,13,23H,4-5,7-9H2,1H3. The quantitative estimate of drug-likeness (QED) is 0.840. The molecule has 0 aliphatic carbocycles. The monoisotopic (exact) mass is 334 g/mol. The number of hydrogen-bond acceptors (Lipinski definition) is 3. The van der Waals surface area contributed by atoms with Crippen LogP contribution < -0.4 is 0 Å². The van der Waals surface area contributed by atoms with Gasteiger partial charge in [-0.25, -0.2) is 4.39 Å². The zero-order chi connectivity index (χ0) is 17.2. The first-order chi connectivity index (χ1) is 10.7. The van der Waals surface area contributed by atoms with Gasteiger partial charge in [0.05, 0.1) is 11.7 Å². The number of hydrogen-bond donors (Lipinski definition) is 1. The number of halogens is 4. The molecule has 0 aromatic heterocycles. The summed E-state index contributed by atoms with van der Waals surface area (Å²) >= 11 is 0. The second-order valence-corrected chi connectivity index (χ2v) is 5.66. The van der Waals surface area contributed by atoms with Gasteiger partial charge in [-0.1, -0.05) is 6.07 Å². The van der Waals surface area contributed by atoms with Crippen molar-refractivity contribution in [2.75, 3.05) is 26.2 Å². The predicted molar refractivity (Wildman–Crippen MR) is 74.9 cm³/mol. The lowest BCUT2D eigenvalue weighted by atomic mass is 10.1. The second kappa shape index (κ2) is 6.84. The van der Waals surface area contributed by atoms with Gasteiger partial charge in [0.2, 0.25) is 5.91 Å². The number of rotatable bonds is 2. The van der Waals surface area contributed by atoms with Crippen LogP contribution in [0.15, 0.2) is 18.2 Å². The molecule has 1 aromatic carbocycles. The number of aliphatic hydroxyl groups excluding tert-OH is 1. The molecule has 8 heteroatoms. The Morgan fingerprint density at radius 2 is 2.00 bits per heavy atom. The van der Waals surface area contributed by atoms with Crippen LogP contribution in [0.25, 0.3) is 0 Å². The maximum atomic E-state index is 13.9. The molecular formula is C15H18F4N2O2. The molecule has 0 bridgehead atoms. The zero-order valence-corrected chi connectivity index (χ0v) is 12.6. The Labute approximate surface area is 131 Å². The van der Waals surface area contributed by atoms with E-state index in [0.29, 0.717) is 19.2 Å². The second-order valence-electron chi connectivity index (χ2n) is 5.66. The lowest BCUT2D eigenvalue weighted by molar-refractivity contribution is -0.137. The molecule has 1 aliphatic heterocycles. The van der Waals surface area contributed by atoms with Crippen molar-refractivity contribution in [3.63, 3.8) is 0 Å². The fraction of sp³-hybridized carbons (Fsp3) is 0.533. The van der Waals surface area contributed by atoms with Crippen molar-refractivity contribution in [2.24, 2.45) is 0 Å². The van der Waals surface area contributed by atoms with Crippen molar-refractivity contribution in [1.29, 1.82) is 0 Å². The molecule has 1 atom stereocenters. The smallest absolute Gasteiger partial charge is 0.390 e. The number of carbonyl (C=O) groups is 1. The summed E-state index contributed by atoms with van der Waals surface area (Å²) in [6.07, 6.45) is -5.36. The third-order valence-corrected chi connectivity index (χ3v) is 3.81. The van der Waals surface area contributed by atoms with Gasteiger partial charge in [-0.15, -0.1) is 0 Å². The molecule has 1 aliphatic rings. The first-order valence-electron chi connectivity index (χ1n) is 7.18. The molecule has 0 radical (unpaired) electrons. The SMILES string of the molecule is CC(=O)N1CCN(Cc2ccc(C(F)(F)F)cc2F)CC(O)C1. The minimum Gasteiger partial charge on any atom is -0.390 e. The van der Waals surface area contributed by atoms with E-state index < -0.39 is 23.7 Å². The van der Waals surface area contributed by atoms with Gasteiger partial charge in [-0.05, 0) is 12.1 Å². The molecule has 128 valence electrons. The van der Waals surface area contributed by atoms with Crippen LogP contribution in [0.1, 0.15) is 18.1 Å². The molecule has 4 nitrogen and oxygen atoms in total. The molecule has 1 amide bonds. The van der Waals surface area contributed by atoms with Gasteiger partial charge in [0.15, 0.2) is 0 Å². The summed E-state index contributed by atoms with van der Waals surface area (Å²) in [6.45, 7) is 2.70. The van der Waals surface area contributed by atoms with Gasteiger partial charge in [0.25, 0.3) is 0 Å². The first kappa shape index (κ1) is 17.7. The molecule has 2 rings (SSSR count). The minimum absolute atomic E-state index is 0.0762. The number of β-amino-alcohol motifs (C(OH)–C–C–N with tert-alkyl or cyclic N) is 1. The van der Waals surface area contributed by atoms with E-state index in [4.69, 9.17) is 0 Å². The van der Waals surface area contributed by atoms with E-state index in [2.05, 4.69) is 0 Å². The highest BCUT2D eigenvalue weighted by atomic mass is 19.4. The van der Waals surface area contributed by atoms with Gasteiger partial charge in [0.1, 0.15) is 5.82 Å². The lowest BCUT2D eigenvalue weighted by Gasteiger charge is -2.21. The van der Waals surface area contributed by atoms with Crippen molar-refractivity contribution in [1.82, 2.24) is 9.80 Å². The van der Waals surface area contributed by atoms with E-state index in [1.165, 1.54) is 11.8 Å². The summed E-state index contributed by atoms with van der Waals surface area (Å²) in [6, 6.07) is 2.43. The molecular weight excluding hydrogens is 316 g/mol. The number of aliphatic hydroxyl groups is 1. The van der Waals surface area contributed by atoms with Gasteiger partial charge in [-0.2, -0.15) is 13.2 Å². The summed E-state index contributed by atoms with van der Waals surface area (Å²) in [5.41, 5.74) is -0.904. The van der Waals surface area contributed by atoms with Crippen molar-refractivity contribution >= 4 is 5.91 Å². The highest BCUT2D eigenvalue weighted by Gasteiger charge is 2.31. The fourth-order valence-corrected chi connectivity index (χ4v) is 2.58. The molecule has 1 aromatic rings. The van der Waals surface area contributed by atoms with Crippen molar-refractivity contribution < 1.29 is 27.5 Å². The van der Waals surface area contributed by atoms with E-state index in [-0.39, 0.29) is 31.1 Å². The summed E-state index contributed by atoms with van der Waals surface area (Å²) in [5, 5.41) is 9.90. The molecule has 1 saturated heterocycles. The van der Waals surface area contributed by atoms with Crippen LogP contribution in [0, 0.1) is 5.82 Å². The molecule has 0 spiro atoms. The van der Waals surface area contributed by atoms with Crippen molar-refractivity contribution in [2.45, 2.75) is 25.7 Å². The Hall–Kier alpha value is -1.67. The van der Waals surface area contributed by atoms with E-state index in [0.717, 1.165) is 12.1 Å². The Morgan fingerprint density at radius 3 is 2.57 bits per heavy atom. The third kappa shape index (κ3) is 4.65. The first-order valence-corrected chi connectivity index (χ1v) is 7.18. The minimum atomic E-state index is -4.58. The Kier molecular flexibility index (Phi) is 5.26. The van der Waals surface area contributed by atoms with Crippen LogP contribution in [0.2, 0.25) is 0 Å². The predicted octanol–water partition coefficient (Wildman–Crippen LogP) is 1.87. The number of amides is 1. The summed E-state index contributed by atoms with van der Waals surface area (Å²) in [4.78, 5) is 14.6. The average Bonchev–Trinajstić information content (AvgIpc) is 2.61. The molecule has 0 saturated carbocycles. The third-order valence-electron chi connectivity index (χ3n) is 3.81. The maximum Gasteiger partial charge on any atom is 0.416 e. The number of alkyl halides is 3. The van der Waals surface area contributed by atoms with E-state index in [1.54, 1.807) is 4.90 Å². The molecule has 1 unspecified atom stereocenters. The van der Waals surface area contributed by atoms with Crippen molar-refractivity contribution in [3.8, 4) is 0 Å². The summed E-state index contributed by atoms with van der Waals surface area (Å²) in [5.74, 6) is -1.09. The fourth-order valence-electron chi connectivity index (χ4n) is 2.58. The Bertz CT molecular complexity index is 577. The van der Waals surface area contributed by atoms with Gasteiger partial charge in [-0.3, -0.25) is 9.69 Å². The van der Waals surface area contributed by atoms with Crippen LogP contribution in [-0.4, -0.2) is 53.1 Å². The van der Waals surface area contributed by atoms with Gasteiger partial charge >= 0.3 is 6.18 Å². The summed E-state index contributed by atoms with van der Waals surface area (Å²) < 4.78 is 51.5. The molecule has 1 heterocycles. The average molecular weight is 334 g/mol. The van der Waals surface area contributed by atoms with Crippen LogP contribution >= 0.6 is 0 Å². The molecule has 23 heavy (non-hydrogen) atoms. The molecule has 1 fully saturated rings. The number of benzene rings is 1. The van der Waals surface area contributed by atoms with Crippen molar-refractivity contribution in [3.05, 3.63) is 35.1 Å². The number of nitrogens with zero attached hydrogens (tertiary/aromatic N) is 2. The highest BCUT2D eigenvalue weighted by Crippen LogP contribution is 2.30. The lowest BCUT2D eigenvalue weighted by Crippen LogP contribution is -2.36. The Morgan fingerprint density at radius 1 is 1.30 bits per heavy atom. The zero-order valence-electron chi connectivity index (χ0n) is 12.6. The van der Waals surface area contributed by atoms with E-state index in [9.17, 15) is 27.5 Å². The normalized spacial score (nSPS) is 20.4. The van der Waals surface area contributed by atoms with Gasteiger partial charge < -0.3 is 10.0 Å².